The quantitative estimate of drug-likeness (QED) is 0.734. The highest BCUT2D eigenvalue weighted by atomic mass is 35.5. The number of hydrogen-bond acceptors (Lipinski definition) is 2. The second kappa shape index (κ2) is 5.51. The number of aromatic nitrogens is 1. The van der Waals surface area contributed by atoms with Crippen LogP contribution in [0.4, 0.5) is 13.2 Å². The van der Waals surface area contributed by atoms with Crippen molar-refractivity contribution in [2.75, 3.05) is 5.88 Å². The Bertz CT molecular complexity index is 560. The zero-order chi connectivity index (χ0) is 14.0. The molecule has 0 aliphatic heterocycles. The van der Waals surface area contributed by atoms with E-state index in [0.29, 0.717) is 11.4 Å². The summed E-state index contributed by atoms with van der Waals surface area (Å²) in [7, 11) is 0. The first kappa shape index (κ1) is 14.3. The lowest BCUT2D eigenvalue weighted by atomic mass is 10.1. The molecule has 0 spiro atoms. The zero-order valence-electron chi connectivity index (χ0n) is 10.1. The Kier molecular flexibility index (Phi) is 4.16. The van der Waals surface area contributed by atoms with Gasteiger partial charge < -0.3 is 0 Å². The van der Waals surface area contributed by atoms with Crippen molar-refractivity contribution < 1.29 is 13.2 Å². The fraction of sp³-hybridized carbons (Fsp3) is 0.308. The Hall–Kier alpha value is -1.07. The maximum atomic E-state index is 12.5. The SMILES string of the molecule is Cc1nc(-c2ccc(C(F)(F)F)cc2)sc1CCCl. The summed E-state index contributed by atoms with van der Waals surface area (Å²) in [6.07, 6.45) is -3.58. The molecule has 0 saturated heterocycles. The third-order valence-electron chi connectivity index (χ3n) is 2.67. The molecule has 0 unspecified atom stereocenters. The third-order valence-corrected chi connectivity index (χ3v) is 4.13. The molecule has 1 heterocycles. The van der Waals surface area contributed by atoms with E-state index in [1.165, 1.54) is 23.5 Å². The minimum absolute atomic E-state index is 0.509. The molecule has 1 nitrogen and oxygen atoms in total. The minimum Gasteiger partial charge on any atom is -0.241 e. The average molecular weight is 306 g/mol. The Morgan fingerprint density at radius 1 is 1.21 bits per heavy atom. The summed E-state index contributed by atoms with van der Waals surface area (Å²) >= 11 is 7.16. The molecule has 2 aromatic rings. The van der Waals surface area contributed by atoms with Gasteiger partial charge in [-0.15, -0.1) is 22.9 Å². The van der Waals surface area contributed by atoms with Gasteiger partial charge in [0.1, 0.15) is 5.01 Å². The fourth-order valence-electron chi connectivity index (χ4n) is 1.67. The van der Waals surface area contributed by atoms with E-state index < -0.39 is 11.7 Å². The van der Waals surface area contributed by atoms with Crippen LogP contribution >= 0.6 is 22.9 Å². The van der Waals surface area contributed by atoms with Crippen molar-refractivity contribution in [2.24, 2.45) is 0 Å². The smallest absolute Gasteiger partial charge is 0.241 e. The van der Waals surface area contributed by atoms with Crippen LogP contribution < -0.4 is 0 Å². The molecule has 0 aliphatic carbocycles. The Labute approximate surface area is 118 Å². The van der Waals surface area contributed by atoms with Gasteiger partial charge >= 0.3 is 6.18 Å². The first-order valence-corrected chi connectivity index (χ1v) is 6.97. The van der Waals surface area contributed by atoms with Crippen LogP contribution in [0.2, 0.25) is 0 Å². The van der Waals surface area contributed by atoms with Gasteiger partial charge in [-0.3, -0.25) is 0 Å². The summed E-state index contributed by atoms with van der Waals surface area (Å²) in [6.45, 7) is 1.88. The van der Waals surface area contributed by atoms with Gasteiger partial charge in [0.25, 0.3) is 0 Å². The third kappa shape index (κ3) is 3.28. The summed E-state index contributed by atoms with van der Waals surface area (Å²) in [5, 5.41) is 0.728. The van der Waals surface area contributed by atoms with Crippen LogP contribution in [0.5, 0.6) is 0 Å². The summed E-state index contributed by atoms with van der Waals surface area (Å²) in [5.74, 6) is 0.509. The predicted molar refractivity (Wildman–Crippen MR) is 71.7 cm³/mol. The molecule has 2 rings (SSSR count). The van der Waals surface area contributed by atoms with Crippen molar-refractivity contribution in [1.29, 1.82) is 0 Å². The first-order valence-electron chi connectivity index (χ1n) is 5.61. The van der Waals surface area contributed by atoms with Crippen molar-refractivity contribution >= 4 is 22.9 Å². The topological polar surface area (TPSA) is 12.9 Å². The number of alkyl halides is 4. The molecular formula is C13H11ClF3NS. The number of nitrogens with zero attached hydrogens (tertiary/aromatic N) is 1. The first-order chi connectivity index (χ1) is 8.91. The van der Waals surface area contributed by atoms with Crippen molar-refractivity contribution in [1.82, 2.24) is 4.98 Å². The second-order valence-corrected chi connectivity index (χ2v) is 5.50. The standard InChI is InChI=1S/C13H11ClF3NS/c1-8-11(6-7-14)19-12(18-8)9-2-4-10(5-3-9)13(15,16)17/h2-5H,6-7H2,1H3. The van der Waals surface area contributed by atoms with E-state index in [9.17, 15) is 13.2 Å². The van der Waals surface area contributed by atoms with Gasteiger partial charge in [0.2, 0.25) is 0 Å². The fourth-order valence-corrected chi connectivity index (χ4v) is 3.04. The molecule has 0 fully saturated rings. The maximum Gasteiger partial charge on any atom is 0.416 e. The number of aryl methyl sites for hydroxylation is 2. The number of hydrogen-bond donors (Lipinski definition) is 0. The van der Waals surface area contributed by atoms with E-state index >= 15 is 0 Å². The summed E-state index contributed by atoms with van der Waals surface area (Å²) in [4.78, 5) is 5.44. The van der Waals surface area contributed by atoms with Gasteiger partial charge in [0, 0.05) is 16.3 Å². The van der Waals surface area contributed by atoms with Crippen LogP contribution in [0.3, 0.4) is 0 Å². The molecule has 102 valence electrons. The normalized spacial score (nSPS) is 11.8. The summed E-state index contributed by atoms with van der Waals surface area (Å²) in [6, 6.07) is 5.05. The molecule has 0 atom stereocenters. The van der Waals surface area contributed by atoms with Crippen molar-refractivity contribution in [3.63, 3.8) is 0 Å². The van der Waals surface area contributed by atoms with Crippen LogP contribution in [0.25, 0.3) is 10.6 Å². The lowest BCUT2D eigenvalue weighted by Gasteiger charge is -2.06. The van der Waals surface area contributed by atoms with Crippen LogP contribution in [0.15, 0.2) is 24.3 Å². The highest BCUT2D eigenvalue weighted by Crippen LogP contribution is 2.33. The van der Waals surface area contributed by atoms with E-state index in [4.69, 9.17) is 11.6 Å². The Morgan fingerprint density at radius 3 is 2.37 bits per heavy atom. The molecule has 0 radical (unpaired) electrons. The van der Waals surface area contributed by atoms with Gasteiger partial charge in [-0.2, -0.15) is 13.2 Å². The average Bonchev–Trinajstić information content (AvgIpc) is 2.71. The van der Waals surface area contributed by atoms with Crippen molar-refractivity contribution in [3.05, 3.63) is 40.4 Å². The van der Waals surface area contributed by atoms with Gasteiger partial charge in [-0.25, -0.2) is 4.98 Å². The van der Waals surface area contributed by atoms with E-state index in [-0.39, 0.29) is 0 Å². The minimum atomic E-state index is -4.30. The molecule has 0 saturated carbocycles. The van der Waals surface area contributed by atoms with Crippen LogP contribution in [-0.4, -0.2) is 10.9 Å². The lowest BCUT2D eigenvalue weighted by molar-refractivity contribution is -0.137. The van der Waals surface area contributed by atoms with Crippen LogP contribution in [0, 0.1) is 6.92 Å². The second-order valence-electron chi connectivity index (χ2n) is 4.04. The van der Waals surface area contributed by atoms with Crippen LogP contribution in [0.1, 0.15) is 16.1 Å². The number of rotatable bonds is 3. The Morgan fingerprint density at radius 2 is 1.84 bits per heavy atom. The monoisotopic (exact) mass is 305 g/mol. The van der Waals surface area contributed by atoms with E-state index in [1.807, 2.05) is 6.92 Å². The maximum absolute atomic E-state index is 12.5. The largest absolute Gasteiger partial charge is 0.416 e. The van der Waals surface area contributed by atoms with Crippen LogP contribution in [-0.2, 0) is 12.6 Å². The van der Waals surface area contributed by atoms with E-state index in [2.05, 4.69) is 4.98 Å². The molecule has 19 heavy (non-hydrogen) atoms. The molecule has 0 N–H and O–H groups in total. The molecule has 6 heteroatoms. The zero-order valence-corrected chi connectivity index (χ0v) is 11.7. The molecule has 0 amide bonds. The van der Waals surface area contributed by atoms with Crippen molar-refractivity contribution in [3.8, 4) is 10.6 Å². The molecule has 1 aromatic carbocycles. The number of halogens is 4. The Balaban J connectivity index is 2.30. The number of benzene rings is 1. The molecule has 0 aliphatic rings. The molecular weight excluding hydrogens is 295 g/mol. The van der Waals surface area contributed by atoms with Gasteiger partial charge in [-0.05, 0) is 25.5 Å². The van der Waals surface area contributed by atoms with Gasteiger partial charge in [0.15, 0.2) is 0 Å². The van der Waals surface area contributed by atoms with Gasteiger partial charge in [0.05, 0.1) is 11.3 Å². The predicted octanol–water partition coefficient (Wildman–Crippen LogP) is 4.92. The lowest BCUT2D eigenvalue weighted by Crippen LogP contribution is -2.03. The van der Waals surface area contributed by atoms with Crippen molar-refractivity contribution in [2.45, 2.75) is 19.5 Å². The van der Waals surface area contributed by atoms with E-state index in [1.54, 1.807) is 0 Å². The van der Waals surface area contributed by atoms with E-state index in [0.717, 1.165) is 34.1 Å². The molecule has 1 aromatic heterocycles. The highest BCUT2D eigenvalue weighted by Gasteiger charge is 2.30. The highest BCUT2D eigenvalue weighted by molar-refractivity contribution is 7.15. The molecule has 0 bridgehead atoms. The van der Waals surface area contributed by atoms with Gasteiger partial charge in [-0.1, -0.05) is 12.1 Å². The number of thiazole rings is 1. The summed E-state index contributed by atoms with van der Waals surface area (Å²) in [5.41, 5.74) is 0.938. The summed E-state index contributed by atoms with van der Waals surface area (Å²) < 4.78 is 37.4.